The van der Waals surface area contributed by atoms with E-state index in [1.54, 1.807) is 6.20 Å². The van der Waals surface area contributed by atoms with Crippen molar-refractivity contribution in [3.05, 3.63) is 30.1 Å². The summed E-state index contributed by atoms with van der Waals surface area (Å²) in [6.07, 6.45) is 4.90. The van der Waals surface area contributed by atoms with E-state index < -0.39 is 0 Å². The van der Waals surface area contributed by atoms with Crippen LogP contribution in [0.5, 0.6) is 0 Å². The van der Waals surface area contributed by atoms with Crippen LogP contribution in [0.25, 0.3) is 0 Å². The molecule has 1 heterocycles. The summed E-state index contributed by atoms with van der Waals surface area (Å²) in [5, 5.41) is 2.95. The first-order valence-corrected chi connectivity index (χ1v) is 6.19. The Hall–Kier alpha value is -1.42. The zero-order valence-electron chi connectivity index (χ0n) is 9.93. The summed E-state index contributed by atoms with van der Waals surface area (Å²) in [6.45, 7) is 1.12. The summed E-state index contributed by atoms with van der Waals surface area (Å²) in [6, 6.07) is 5.70. The highest BCUT2D eigenvalue weighted by molar-refractivity contribution is 5.79. The molecule has 0 bridgehead atoms. The number of rotatable bonds is 4. The largest absolute Gasteiger partial charge is 0.350 e. The maximum atomic E-state index is 12.0. The van der Waals surface area contributed by atoms with Crippen LogP contribution in [0.4, 0.5) is 0 Å². The van der Waals surface area contributed by atoms with Gasteiger partial charge in [-0.05, 0) is 37.4 Å². The van der Waals surface area contributed by atoms with Gasteiger partial charge in [0.1, 0.15) is 0 Å². The number of nitrogens with one attached hydrogen (secondary N) is 1. The summed E-state index contributed by atoms with van der Waals surface area (Å²) >= 11 is 0. The van der Waals surface area contributed by atoms with E-state index in [0.29, 0.717) is 19.0 Å². The average molecular weight is 233 g/mol. The molecule has 1 aromatic heterocycles. The summed E-state index contributed by atoms with van der Waals surface area (Å²) in [7, 11) is 0. The van der Waals surface area contributed by atoms with Crippen LogP contribution in [0.3, 0.4) is 0 Å². The Morgan fingerprint density at radius 3 is 3.06 bits per heavy atom. The van der Waals surface area contributed by atoms with Crippen molar-refractivity contribution in [2.24, 2.45) is 17.6 Å². The van der Waals surface area contributed by atoms with Crippen LogP contribution in [0.15, 0.2) is 24.4 Å². The van der Waals surface area contributed by atoms with E-state index in [-0.39, 0.29) is 11.8 Å². The first-order chi connectivity index (χ1) is 8.31. The fourth-order valence-electron chi connectivity index (χ4n) is 2.48. The molecule has 1 aliphatic rings. The van der Waals surface area contributed by atoms with E-state index in [2.05, 4.69) is 10.3 Å². The molecule has 0 saturated heterocycles. The second-order valence-electron chi connectivity index (χ2n) is 4.57. The van der Waals surface area contributed by atoms with Gasteiger partial charge < -0.3 is 11.1 Å². The van der Waals surface area contributed by atoms with E-state index in [0.717, 1.165) is 25.0 Å². The Bertz CT molecular complexity index is 366. The molecule has 2 atom stereocenters. The van der Waals surface area contributed by atoms with Gasteiger partial charge in [0, 0.05) is 12.1 Å². The lowest BCUT2D eigenvalue weighted by molar-refractivity contribution is -0.126. The van der Waals surface area contributed by atoms with Crippen LogP contribution in [-0.4, -0.2) is 17.4 Å². The zero-order valence-corrected chi connectivity index (χ0v) is 9.93. The van der Waals surface area contributed by atoms with Crippen LogP contribution in [-0.2, 0) is 11.3 Å². The van der Waals surface area contributed by atoms with Gasteiger partial charge in [0.25, 0.3) is 0 Å². The second-order valence-corrected chi connectivity index (χ2v) is 4.57. The SMILES string of the molecule is NC[C@H]1CCC[C@H]1C(=O)NCc1ccccn1. The number of aromatic nitrogens is 1. The summed E-state index contributed by atoms with van der Waals surface area (Å²) in [5.41, 5.74) is 6.57. The molecule has 1 amide bonds. The molecule has 1 aliphatic carbocycles. The summed E-state index contributed by atoms with van der Waals surface area (Å²) in [5.74, 6) is 0.589. The third-order valence-electron chi connectivity index (χ3n) is 3.47. The topological polar surface area (TPSA) is 68.0 Å². The van der Waals surface area contributed by atoms with E-state index in [4.69, 9.17) is 5.73 Å². The number of carbonyl (C=O) groups excluding carboxylic acids is 1. The molecule has 4 nitrogen and oxygen atoms in total. The third-order valence-corrected chi connectivity index (χ3v) is 3.47. The van der Waals surface area contributed by atoms with Gasteiger partial charge in [0.2, 0.25) is 5.91 Å². The van der Waals surface area contributed by atoms with Crippen molar-refractivity contribution < 1.29 is 4.79 Å². The number of hydrogen-bond acceptors (Lipinski definition) is 3. The van der Waals surface area contributed by atoms with E-state index in [1.807, 2.05) is 18.2 Å². The number of hydrogen-bond donors (Lipinski definition) is 2. The fourth-order valence-corrected chi connectivity index (χ4v) is 2.48. The quantitative estimate of drug-likeness (QED) is 0.817. The molecule has 1 fully saturated rings. The Kier molecular flexibility index (Phi) is 4.09. The van der Waals surface area contributed by atoms with Crippen molar-refractivity contribution in [3.63, 3.8) is 0 Å². The third kappa shape index (κ3) is 3.03. The van der Waals surface area contributed by atoms with Crippen molar-refractivity contribution >= 4 is 5.91 Å². The second kappa shape index (κ2) is 5.77. The van der Waals surface area contributed by atoms with Gasteiger partial charge >= 0.3 is 0 Å². The highest BCUT2D eigenvalue weighted by atomic mass is 16.1. The number of amides is 1. The van der Waals surface area contributed by atoms with Gasteiger partial charge in [-0.2, -0.15) is 0 Å². The summed E-state index contributed by atoms with van der Waals surface area (Å²) < 4.78 is 0. The average Bonchev–Trinajstić information content (AvgIpc) is 2.85. The van der Waals surface area contributed by atoms with Crippen molar-refractivity contribution in [2.45, 2.75) is 25.8 Å². The molecule has 0 unspecified atom stereocenters. The molecule has 0 aromatic carbocycles. The highest BCUT2D eigenvalue weighted by Crippen LogP contribution is 2.30. The maximum Gasteiger partial charge on any atom is 0.223 e. The van der Waals surface area contributed by atoms with Gasteiger partial charge in [-0.1, -0.05) is 12.5 Å². The van der Waals surface area contributed by atoms with E-state index >= 15 is 0 Å². The lowest BCUT2D eigenvalue weighted by Crippen LogP contribution is -2.34. The number of pyridine rings is 1. The van der Waals surface area contributed by atoms with Gasteiger partial charge in [-0.3, -0.25) is 9.78 Å². The van der Waals surface area contributed by atoms with Gasteiger partial charge in [0.15, 0.2) is 0 Å². The first kappa shape index (κ1) is 12.0. The molecule has 3 N–H and O–H groups in total. The minimum atomic E-state index is 0.101. The smallest absolute Gasteiger partial charge is 0.223 e. The van der Waals surface area contributed by atoms with Crippen LogP contribution in [0.2, 0.25) is 0 Å². The van der Waals surface area contributed by atoms with Crippen LogP contribution in [0, 0.1) is 11.8 Å². The number of nitrogens with two attached hydrogens (primary N) is 1. The molecule has 17 heavy (non-hydrogen) atoms. The lowest BCUT2D eigenvalue weighted by Gasteiger charge is -2.17. The number of nitrogens with zero attached hydrogens (tertiary/aromatic N) is 1. The lowest BCUT2D eigenvalue weighted by atomic mass is 9.95. The van der Waals surface area contributed by atoms with Crippen molar-refractivity contribution in [1.82, 2.24) is 10.3 Å². The van der Waals surface area contributed by atoms with Crippen molar-refractivity contribution in [3.8, 4) is 0 Å². The standard InChI is InChI=1S/C13H19N3O/c14-8-10-4-3-6-12(10)13(17)16-9-11-5-1-2-7-15-11/h1-2,5,7,10,12H,3-4,6,8-9,14H2,(H,16,17)/t10-,12-/m1/s1. The van der Waals surface area contributed by atoms with Crippen molar-refractivity contribution in [1.29, 1.82) is 0 Å². The molecule has 92 valence electrons. The van der Waals surface area contributed by atoms with Gasteiger partial charge in [-0.15, -0.1) is 0 Å². The minimum Gasteiger partial charge on any atom is -0.350 e. The molecule has 0 spiro atoms. The molecular weight excluding hydrogens is 214 g/mol. The van der Waals surface area contributed by atoms with Crippen LogP contribution >= 0.6 is 0 Å². The fraction of sp³-hybridized carbons (Fsp3) is 0.538. The monoisotopic (exact) mass is 233 g/mol. The molecule has 2 rings (SSSR count). The predicted octanol–water partition coefficient (Wildman–Crippen LogP) is 1.07. The number of carbonyl (C=O) groups is 1. The molecule has 1 aromatic rings. The Morgan fingerprint density at radius 1 is 1.47 bits per heavy atom. The first-order valence-electron chi connectivity index (χ1n) is 6.19. The van der Waals surface area contributed by atoms with E-state index in [9.17, 15) is 4.79 Å². The van der Waals surface area contributed by atoms with Crippen LogP contribution in [0.1, 0.15) is 25.0 Å². The molecule has 0 aliphatic heterocycles. The van der Waals surface area contributed by atoms with E-state index in [1.165, 1.54) is 0 Å². The Morgan fingerprint density at radius 2 is 2.35 bits per heavy atom. The van der Waals surface area contributed by atoms with Crippen LogP contribution < -0.4 is 11.1 Å². The predicted molar refractivity (Wildman–Crippen MR) is 66.0 cm³/mol. The highest BCUT2D eigenvalue weighted by Gasteiger charge is 2.31. The van der Waals surface area contributed by atoms with Gasteiger partial charge in [-0.25, -0.2) is 0 Å². The zero-order chi connectivity index (χ0) is 12.1. The summed E-state index contributed by atoms with van der Waals surface area (Å²) in [4.78, 5) is 16.2. The molecule has 4 heteroatoms. The maximum absolute atomic E-state index is 12.0. The minimum absolute atomic E-state index is 0.101. The molecular formula is C13H19N3O. The van der Waals surface area contributed by atoms with Gasteiger partial charge in [0.05, 0.1) is 12.2 Å². The molecule has 1 saturated carbocycles. The Balaban J connectivity index is 1.85. The molecule has 0 radical (unpaired) electrons. The van der Waals surface area contributed by atoms with Crippen molar-refractivity contribution in [2.75, 3.05) is 6.54 Å². The normalized spacial score (nSPS) is 23.6. The Labute approximate surface area is 102 Å².